The zero-order valence-corrected chi connectivity index (χ0v) is 14.1. The van der Waals surface area contributed by atoms with Crippen molar-refractivity contribution in [2.24, 2.45) is 0 Å². The molecule has 1 aromatic rings. The van der Waals surface area contributed by atoms with Crippen molar-refractivity contribution in [1.29, 1.82) is 0 Å². The van der Waals surface area contributed by atoms with E-state index in [0.29, 0.717) is 12.1 Å². The van der Waals surface area contributed by atoms with Gasteiger partial charge in [-0.2, -0.15) is 0 Å². The standard InChI is InChI=1S/C18H28N2O2/c1-13(10-14-8-6-5-7-9-14)19-15-11-16(12-15)20-17(21)22-18(2,3)4/h5-9,13,15-16,19H,10-12H2,1-4H3,(H,20,21). The van der Waals surface area contributed by atoms with E-state index in [1.165, 1.54) is 5.56 Å². The molecule has 1 fully saturated rings. The molecule has 0 spiro atoms. The Bertz CT molecular complexity index is 476. The zero-order valence-electron chi connectivity index (χ0n) is 14.1. The molecule has 1 aliphatic rings. The summed E-state index contributed by atoms with van der Waals surface area (Å²) in [6.45, 7) is 7.84. The van der Waals surface area contributed by atoms with E-state index in [0.717, 1.165) is 19.3 Å². The third kappa shape index (κ3) is 5.68. The lowest BCUT2D eigenvalue weighted by Crippen LogP contribution is -2.55. The number of hydrogen-bond donors (Lipinski definition) is 2. The molecule has 1 atom stereocenters. The van der Waals surface area contributed by atoms with Gasteiger partial charge in [-0.3, -0.25) is 0 Å². The second-order valence-electron chi connectivity index (χ2n) is 7.27. The van der Waals surface area contributed by atoms with Crippen molar-refractivity contribution in [3.63, 3.8) is 0 Å². The summed E-state index contributed by atoms with van der Waals surface area (Å²) in [6, 6.07) is 11.7. The minimum Gasteiger partial charge on any atom is -0.444 e. The first-order valence-electron chi connectivity index (χ1n) is 8.11. The van der Waals surface area contributed by atoms with Gasteiger partial charge in [0.05, 0.1) is 0 Å². The van der Waals surface area contributed by atoms with E-state index in [9.17, 15) is 4.79 Å². The fourth-order valence-corrected chi connectivity index (χ4v) is 2.77. The predicted octanol–water partition coefficient (Wildman–Crippen LogP) is 3.26. The van der Waals surface area contributed by atoms with Gasteiger partial charge in [0.15, 0.2) is 0 Å². The Labute approximate surface area is 133 Å². The van der Waals surface area contributed by atoms with Crippen molar-refractivity contribution in [1.82, 2.24) is 10.6 Å². The molecular formula is C18H28N2O2. The lowest BCUT2D eigenvalue weighted by Gasteiger charge is -2.38. The predicted molar refractivity (Wildman–Crippen MR) is 88.9 cm³/mol. The fraction of sp³-hybridized carbons (Fsp3) is 0.611. The van der Waals surface area contributed by atoms with E-state index in [2.05, 4.69) is 41.8 Å². The fourth-order valence-electron chi connectivity index (χ4n) is 2.77. The van der Waals surface area contributed by atoms with Gasteiger partial charge in [0.2, 0.25) is 0 Å². The van der Waals surface area contributed by atoms with E-state index in [1.54, 1.807) is 0 Å². The molecule has 0 saturated heterocycles. The van der Waals surface area contributed by atoms with Crippen molar-refractivity contribution in [3.05, 3.63) is 35.9 Å². The van der Waals surface area contributed by atoms with Crippen LogP contribution in [-0.4, -0.2) is 29.8 Å². The van der Waals surface area contributed by atoms with Gasteiger partial charge in [0.25, 0.3) is 0 Å². The van der Waals surface area contributed by atoms with E-state index < -0.39 is 5.60 Å². The number of benzene rings is 1. The van der Waals surface area contributed by atoms with Gasteiger partial charge in [0.1, 0.15) is 5.60 Å². The maximum absolute atomic E-state index is 11.7. The Morgan fingerprint density at radius 1 is 1.23 bits per heavy atom. The number of nitrogens with one attached hydrogen (secondary N) is 2. The highest BCUT2D eigenvalue weighted by Gasteiger charge is 2.32. The number of alkyl carbamates (subject to hydrolysis) is 1. The SMILES string of the molecule is CC(Cc1ccccc1)NC1CC(NC(=O)OC(C)(C)C)C1. The molecule has 2 rings (SSSR count). The highest BCUT2D eigenvalue weighted by atomic mass is 16.6. The normalized spacial score (nSPS) is 22.5. The third-order valence-corrected chi connectivity index (χ3v) is 3.76. The minimum atomic E-state index is -0.435. The molecule has 1 amide bonds. The average Bonchev–Trinajstić information content (AvgIpc) is 2.35. The van der Waals surface area contributed by atoms with Crippen molar-refractivity contribution < 1.29 is 9.53 Å². The molecular weight excluding hydrogens is 276 g/mol. The van der Waals surface area contributed by atoms with Crippen LogP contribution in [0, 0.1) is 0 Å². The summed E-state index contributed by atoms with van der Waals surface area (Å²) in [4.78, 5) is 11.7. The number of ether oxygens (including phenoxy) is 1. The largest absolute Gasteiger partial charge is 0.444 e. The third-order valence-electron chi connectivity index (χ3n) is 3.76. The second kappa shape index (κ2) is 7.14. The molecule has 1 aliphatic carbocycles. The van der Waals surface area contributed by atoms with Gasteiger partial charge in [-0.15, -0.1) is 0 Å². The van der Waals surface area contributed by atoms with Crippen LogP contribution in [0.15, 0.2) is 30.3 Å². The molecule has 0 aromatic heterocycles. The first kappa shape index (κ1) is 16.8. The molecule has 1 aromatic carbocycles. The molecule has 0 aliphatic heterocycles. The average molecular weight is 304 g/mol. The summed E-state index contributed by atoms with van der Waals surface area (Å²) >= 11 is 0. The molecule has 4 heteroatoms. The maximum Gasteiger partial charge on any atom is 0.407 e. The van der Waals surface area contributed by atoms with Crippen LogP contribution in [0.5, 0.6) is 0 Å². The van der Waals surface area contributed by atoms with Crippen molar-refractivity contribution in [3.8, 4) is 0 Å². The van der Waals surface area contributed by atoms with Gasteiger partial charge >= 0.3 is 6.09 Å². The van der Waals surface area contributed by atoms with Crippen molar-refractivity contribution in [2.75, 3.05) is 0 Å². The summed E-state index contributed by atoms with van der Waals surface area (Å²) in [5, 5.41) is 6.55. The van der Waals surface area contributed by atoms with Crippen LogP contribution in [-0.2, 0) is 11.2 Å². The Morgan fingerprint density at radius 3 is 2.45 bits per heavy atom. The van der Waals surface area contributed by atoms with Crippen LogP contribution < -0.4 is 10.6 Å². The zero-order chi connectivity index (χ0) is 16.2. The summed E-state index contributed by atoms with van der Waals surface area (Å²) in [5.74, 6) is 0. The molecule has 122 valence electrons. The summed E-state index contributed by atoms with van der Waals surface area (Å²) < 4.78 is 5.27. The highest BCUT2D eigenvalue weighted by molar-refractivity contribution is 5.68. The smallest absolute Gasteiger partial charge is 0.407 e. The number of hydrogen-bond acceptors (Lipinski definition) is 3. The number of carbonyl (C=O) groups excluding carboxylic acids is 1. The number of amides is 1. The molecule has 1 unspecified atom stereocenters. The van der Waals surface area contributed by atoms with Gasteiger partial charge in [-0.05, 0) is 52.5 Å². The van der Waals surface area contributed by atoms with Gasteiger partial charge in [-0.25, -0.2) is 4.79 Å². The monoisotopic (exact) mass is 304 g/mol. The van der Waals surface area contributed by atoms with Gasteiger partial charge < -0.3 is 15.4 Å². The quantitative estimate of drug-likeness (QED) is 0.878. The van der Waals surface area contributed by atoms with Crippen LogP contribution in [0.25, 0.3) is 0 Å². The summed E-state index contributed by atoms with van der Waals surface area (Å²) in [6.07, 6.45) is 2.66. The van der Waals surface area contributed by atoms with Crippen molar-refractivity contribution in [2.45, 2.75) is 70.7 Å². The lowest BCUT2D eigenvalue weighted by atomic mass is 9.86. The Morgan fingerprint density at radius 2 is 1.86 bits per heavy atom. The minimum absolute atomic E-state index is 0.233. The Hall–Kier alpha value is -1.55. The van der Waals surface area contributed by atoms with Crippen LogP contribution >= 0.6 is 0 Å². The van der Waals surface area contributed by atoms with Gasteiger partial charge in [0, 0.05) is 18.1 Å². The molecule has 0 bridgehead atoms. The first-order valence-corrected chi connectivity index (χ1v) is 8.11. The van der Waals surface area contributed by atoms with E-state index in [-0.39, 0.29) is 12.1 Å². The Balaban J connectivity index is 1.64. The molecule has 22 heavy (non-hydrogen) atoms. The van der Waals surface area contributed by atoms with Gasteiger partial charge in [-0.1, -0.05) is 30.3 Å². The topological polar surface area (TPSA) is 50.4 Å². The van der Waals surface area contributed by atoms with Crippen LogP contribution in [0.1, 0.15) is 46.1 Å². The second-order valence-corrected chi connectivity index (χ2v) is 7.27. The van der Waals surface area contributed by atoms with Crippen LogP contribution in [0.2, 0.25) is 0 Å². The summed E-state index contributed by atoms with van der Waals surface area (Å²) in [5.41, 5.74) is 0.917. The van der Waals surface area contributed by atoms with E-state index in [1.807, 2.05) is 26.8 Å². The van der Waals surface area contributed by atoms with E-state index in [4.69, 9.17) is 4.74 Å². The summed E-state index contributed by atoms with van der Waals surface area (Å²) in [7, 11) is 0. The maximum atomic E-state index is 11.7. The van der Waals surface area contributed by atoms with E-state index >= 15 is 0 Å². The highest BCUT2D eigenvalue weighted by Crippen LogP contribution is 2.21. The number of carbonyl (C=O) groups is 1. The molecule has 0 heterocycles. The Kier molecular flexibility index (Phi) is 5.46. The molecule has 4 nitrogen and oxygen atoms in total. The lowest BCUT2D eigenvalue weighted by molar-refractivity contribution is 0.0463. The molecule has 1 saturated carbocycles. The van der Waals surface area contributed by atoms with Crippen molar-refractivity contribution >= 4 is 6.09 Å². The number of rotatable bonds is 5. The van der Waals surface area contributed by atoms with Crippen LogP contribution in [0.3, 0.4) is 0 Å². The molecule has 2 N–H and O–H groups in total. The van der Waals surface area contributed by atoms with Crippen LogP contribution in [0.4, 0.5) is 4.79 Å². The first-order chi connectivity index (χ1) is 10.3. The molecule has 0 radical (unpaired) electrons.